The first kappa shape index (κ1) is 30.6. The summed E-state index contributed by atoms with van der Waals surface area (Å²) in [5.41, 5.74) is 0.893. The number of sulfonamides is 1. The Hall–Kier alpha value is -0.920. The third kappa shape index (κ3) is 7.00. The smallest absolute Gasteiger partial charge is 0.252 e. The van der Waals surface area contributed by atoms with E-state index in [1.807, 2.05) is 17.2 Å². The second-order valence-electron chi connectivity index (χ2n) is 8.58. The van der Waals surface area contributed by atoms with Crippen molar-refractivity contribution in [3.63, 3.8) is 0 Å². The summed E-state index contributed by atoms with van der Waals surface area (Å²) >= 11 is 10.2. The van der Waals surface area contributed by atoms with Crippen LogP contribution < -0.4 is 4.90 Å². The maximum absolute atomic E-state index is 13.8. The lowest BCUT2D eigenvalue weighted by Gasteiger charge is -2.33. The summed E-state index contributed by atoms with van der Waals surface area (Å²) in [6.07, 6.45) is 3.02. The quantitative estimate of drug-likeness (QED) is 0.261. The van der Waals surface area contributed by atoms with E-state index in [1.54, 1.807) is 35.2 Å². The van der Waals surface area contributed by atoms with Crippen LogP contribution in [0.25, 0.3) is 10.2 Å². The zero-order valence-corrected chi connectivity index (χ0v) is 25.9. The number of likely N-dealkylation sites (N-methyl/N-ethyl adjacent to an activating group) is 1. The predicted octanol–water partition coefficient (Wildman–Crippen LogP) is 5.93. The number of thiazole rings is 1. The number of fused-ring (bicyclic) bond motifs is 1. The Balaban J connectivity index is 0.00000380. The van der Waals surface area contributed by atoms with Crippen molar-refractivity contribution in [1.29, 1.82) is 0 Å². The lowest BCUT2D eigenvalue weighted by atomic mass is 9.96. The molecule has 0 saturated carbocycles. The highest BCUT2D eigenvalue weighted by atomic mass is 35.5. The van der Waals surface area contributed by atoms with Gasteiger partial charge in [-0.15, -0.1) is 35.5 Å². The van der Waals surface area contributed by atoms with Crippen LogP contribution >= 0.6 is 58.4 Å². The van der Waals surface area contributed by atoms with E-state index in [1.165, 1.54) is 9.20 Å². The van der Waals surface area contributed by atoms with Gasteiger partial charge >= 0.3 is 0 Å². The van der Waals surface area contributed by atoms with E-state index >= 15 is 0 Å². The summed E-state index contributed by atoms with van der Waals surface area (Å²) in [4.78, 5) is 23.9. The number of hydrogen-bond donors (Lipinski definition) is 0. The van der Waals surface area contributed by atoms with Crippen LogP contribution in [0.1, 0.15) is 26.7 Å². The fourth-order valence-electron chi connectivity index (χ4n) is 4.34. The molecule has 4 rings (SSSR count). The number of anilines is 1. The fourth-order valence-corrected chi connectivity index (χ4v) is 9.00. The summed E-state index contributed by atoms with van der Waals surface area (Å²) < 4.78 is 29.2. The zero-order chi connectivity index (χ0) is 25.9. The number of aromatic nitrogens is 1. The molecule has 1 fully saturated rings. The highest BCUT2D eigenvalue weighted by Crippen LogP contribution is 2.34. The van der Waals surface area contributed by atoms with E-state index < -0.39 is 10.0 Å². The highest BCUT2D eigenvalue weighted by molar-refractivity contribution is 7.98. The summed E-state index contributed by atoms with van der Waals surface area (Å²) in [5, 5.41) is 0.712. The second kappa shape index (κ2) is 13.4. The first-order valence-electron chi connectivity index (χ1n) is 12.0. The van der Waals surface area contributed by atoms with Gasteiger partial charge in [0.25, 0.3) is 10.0 Å². The molecule has 0 unspecified atom stereocenters. The molecule has 0 bridgehead atoms. The highest BCUT2D eigenvalue weighted by Gasteiger charge is 2.35. The Kier molecular flexibility index (Phi) is 11.1. The van der Waals surface area contributed by atoms with Crippen molar-refractivity contribution in [2.75, 3.05) is 50.4 Å². The average molecular weight is 624 g/mol. The first-order valence-corrected chi connectivity index (χ1v) is 16.7. The molecule has 0 N–H and O–H groups in total. The van der Waals surface area contributed by atoms with Crippen molar-refractivity contribution in [3.05, 3.63) is 34.7 Å². The van der Waals surface area contributed by atoms with Crippen molar-refractivity contribution >= 4 is 89.7 Å². The molecule has 2 aromatic heterocycles. The second-order valence-corrected chi connectivity index (χ2v) is 14.4. The molecule has 0 spiro atoms. The zero-order valence-electron chi connectivity index (χ0n) is 21.1. The van der Waals surface area contributed by atoms with Gasteiger partial charge in [-0.3, -0.25) is 9.69 Å². The van der Waals surface area contributed by atoms with Crippen molar-refractivity contribution in [2.24, 2.45) is 5.92 Å². The fraction of sp³-hybridized carbons (Fsp3) is 0.500. The van der Waals surface area contributed by atoms with Crippen molar-refractivity contribution in [2.45, 2.75) is 35.8 Å². The maximum atomic E-state index is 13.8. The van der Waals surface area contributed by atoms with E-state index in [9.17, 15) is 13.2 Å². The standard InChI is InChI=1S/C24H31ClN4O3S4.ClH/c1-4-27(5-2)14-15-29(24-26-19-7-6-18(33-3)16-20(19)34-24)23(30)17-10-12-28(13-11-17)36(31,32)22-9-8-21(25)35-22;/h6-9,16-17H,4-5,10-15H2,1-3H3;1H. The Bertz CT molecular complexity index is 1300. The Morgan fingerprint density at radius 3 is 2.43 bits per heavy atom. The molecule has 3 heterocycles. The molecule has 3 aromatic rings. The number of thioether (sulfide) groups is 1. The molecule has 204 valence electrons. The molecule has 1 aliphatic heterocycles. The molecule has 0 atom stereocenters. The number of piperidine rings is 1. The average Bonchev–Trinajstić information content (AvgIpc) is 3.52. The molecular formula is C24H32Cl2N4O3S4. The van der Waals surface area contributed by atoms with Crippen LogP contribution in [0.5, 0.6) is 0 Å². The van der Waals surface area contributed by atoms with Crippen LogP contribution in [0.15, 0.2) is 39.4 Å². The van der Waals surface area contributed by atoms with Gasteiger partial charge in [0, 0.05) is 37.0 Å². The Morgan fingerprint density at radius 2 is 1.84 bits per heavy atom. The Labute approximate surface area is 242 Å². The van der Waals surface area contributed by atoms with E-state index in [0.717, 1.165) is 41.2 Å². The van der Waals surface area contributed by atoms with E-state index in [4.69, 9.17) is 16.6 Å². The summed E-state index contributed by atoms with van der Waals surface area (Å²) in [6, 6.07) is 9.33. The van der Waals surface area contributed by atoms with Gasteiger partial charge in [0.1, 0.15) is 4.21 Å². The van der Waals surface area contributed by atoms with Crippen LogP contribution in [0.2, 0.25) is 4.34 Å². The van der Waals surface area contributed by atoms with Gasteiger partial charge in [0.15, 0.2) is 5.13 Å². The van der Waals surface area contributed by atoms with E-state index in [0.29, 0.717) is 41.9 Å². The van der Waals surface area contributed by atoms with Gasteiger partial charge in [-0.25, -0.2) is 13.4 Å². The molecule has 0 radical (unpaired) electrons. The van der Waals surface area contributed by atoms with Crippen LogP contribution in [-0.2, 0) is 14.8 Å². The molecule has 37 heavy (non-hydrogen) atoms. The van der Waals surface area contributed by atoms with Gasteiger partial charge in [-0.1, -0.05) is 36.8 Å². The number of carbonyl (C=O) groups excluding carboxylic acids is 1. The predicted molar refractivity (Wildman–Crippen MR) is 160 cm³/mol. The Morgan fingerprint density at radius 1 is 1.14 bits per heavy atom. The number of benzene rings is 1. The van der Waals surface area contributed by atoms with Crippen LogP contribution in [0.4, 0.5) is 5.13 Å². The molecular weight excluding hydrogens is 591 g/mol. The number of thiophene rings is 1. The van der Waals surface area contributed by atoms with Gasteiger partial charge in [-0.2, -0.15) is 4.31 Å². The summed E-state index contributed by atoms with van der Waals surface area (Å²) in [7, 11) is -3.59. The van der Waals surface area contributed by atoms with Crippen LogP contribution in [0.3, 0.4) is 0 Å². The van der Waals surface area contributed by atoms with Gasteiger partial charge < -0.3 is 4.90 Å². The lowest BCUT2D eigenvalue weighted by molar-refractivity contribution is -0.123. The van der Waals surface area contributed by atoms with E-state index in [-0.39, 0.29) is 28.4 Å². The minimum Gasteiger partial charge on any atom is -0.302 e. The van der Waals surface area contributed by atoms with Gasteiger partial charge in [-0.05, 0) is 62.5 Å². The molecule has 1 saturated heterocycles. The van der Waals surface area contributed by atoms with Crippen molar-refractivity contribution in [1.82, 2.24) is 14.2 Å². The summed E-state index contributed by atoms with van der Waals surface area (Å²) in [5.74, 6) is -0.212. The van der Waals surface area contributed by atoms with E-state index in [2.05, 4.69) is 30.9 Å². The van der Waals surface area contributed by atoms with Gasteiger partial charge in [0.05, 0.1) is 14.6 Å². The third-order valence-corrected chi connectivity index (χ3v) is 11.9. The molecule has 1 amide bonds. The number of nitrogens with zero attached hydrogens (tertiary/aromatic N) is 4. The number of rotatable bonds is 10. The van der Waals surface area contributed by atoms with Gasteiger partial charge in [0.2, 0.25) is 5.91 Å². The summed E-state index contributed by atoms with van der Waals surface area (Å²) in [6.45, 7) is 8.02. The minimum atomic E-state index is -3.59. The normalized spacial score (nSPS) is 15.3. The monoisotopic (exact) mass is 622 g/mol. The number of amides is 1. The van der Waals surface area contributed by atoms with Crippen LogP contribution in [-0.4, -0.2) is 74.0 Å². The molecule has 0 aliphatic carbocycles. The third-order valence-electron chi connectivity index (χ3n) is 6.56. The molecule has 1 aliphatic rings. The van der Waals surface area contributed by atoms with Crippen molar-refractivity contribution in [3.8, 4) is 0 Å². The number of halogens is 2. The minimum absolute atomic E-state index is 0. The first-order chi connectivity index (χ1) is 17.3. The number of carbonyl (C=O) groups is 1. The van der Waals surface area contributed by atoms with Crippen molar-refractivity contribution < 1.29 is 13.2 Å². The molecule has 13 heteroatoms. The maximum Gasteiger partial charge on any atom is 0.252 e. The largest absolute Gasteiger partial charge is 0.302 e. The molecule has 7 nitrogen and oxygen atoms in total. The van der Waals surface area contributed by atoms with Crippen LogP contribution in [0, 0.1) is 5.92 Å². The lowest BCUT2D eigenvalue weighted by Crippen LogP contribution is -2.46. The SMILES string of the molecule is CCN(CC)CCN(C(=O)C1CCN(S(=O)(=O)c2ccc(Cl)s2)CC1)c1nc2ccc(SC)cc2s1.Cl. The molecule has 1 aromatic carbocycles. The topological polar surface area (TPSA) is 73.8 Å². The number of hydrogen-bond acceptors (Lipinski definition) is 8.